The van der Waals surface area contributed by atoms with Gasteiger partial charge in [0.2, 0.25) is 0 Å². The zero-order valence-electron chi connectivity index (χ0n) is 11.5. The number of aldehydes is 1. The Kier molecular flexibility index (Phi) is 4.00. The summed E-state index contributed by atoms with van der Waals surface area (Å²) in [5.74, 6) is 1.07. The first-order valence-electron chi connectivity index (χ1n) is 6.40. The van der Waals surface area contributed by atoms with Crippen molar-refractivity contribution in [1.29, 1.82) is 0 Å². The van der Waals surface area contributed by atoms with Gasteiger partial charge in [-0.1, -0.05) is 44.2 Å². The van der Waals surface area contributed by atoms with Crippen LogP contribution >= 0.6 is 0 Å². The Morgan fingerprint density at radius 1 is 1.11 bits per heavy atom. The van der Waals surface area contributed by atoms with Crippen LogP contribution in [0.2, 0.25) is 0 Å². The molecule has 2 rings (SSSR count). The minimum atomic E-state index is 0.452. The van der Waals surface area contributed by atoms with Crippen molar-refractivity contribution < 1.29 is 9.53 Å². The first-order chi connectivity index (χ1) is 9.17. The molecule has 0 heterocycles. The van der Waals surface area contributed by atoms with E-state index in [4.69, 9.17) is 4.74 Å². The van der Waals surface area contributed by atoms with E-state index < -0.39 is 0 Å². The fourth-order valence-corrected chi connectivity index (χ4v) is 2.24. The maximum atomic E-state index is 10.9. The van der Waals surface area contributed by atoms with Gasteiger partial charge in [-0.25, -0.2) is 0 Å². The normalized spacial score (nSPS) is 10.5. The standard InChI is InChI=1S/C17H18O2/c1-12(2)15-6-4-5-7-16(15)13-8-9-14(11-18)17(10-13)19-3/h4-12H,1-3H3. The number of hydrogen-bond acceptors (Lipinski definition) is 2. The highest BCUT2D eigenvalue weighted by molar-refractivity contribution is 5.82. The van der Waals surface area contributed by atoms with Gasteiger partial charge in [-0.05, 0) is 34.7 Å². The Bertz CT molecular complexity index is 586. The van der Waals surface area contributed by atoms with E-state index >= 15 is 0 Å². The fourth-order valence-electron chi connectivity index (χ4n) is 2.24. The quantitative estimate of drug-likeness (QED) is 0.760. The minimum Gasteiger partial charge on any atom is -0.496 e. The van der Waals surface area contributed by atoms with Crippen molar-refractivity contribution in [1.82, 2.24) is 0 Å². The van der Waals surface area contributed by atoms with E-state index in [-0.39, 0.29) is 0 Å². The Morgan fingerprint density at radius 2 is 1.84 bits per heavy atom. The summed E-state index contributed by atoms with van der Waals surface area (Å²) in [7, 11) is 1.58. The smallest absolute Gasteiger partial charge is 0.153 e. The van der Waals surface area contributed by atoms with Gasteiger partial charge in [0, 0.05) is 0 Å². The van der Waals surface area contributed by atoms with Crippen LogP contribution in [-0.4, -0.2) is 13.4 Å². The summed E-state index contributed by atoms with van der Waals surface area (Å²) >= 11 is 0. The van der Waals surface area contributed by atoms with Crippen LogP contribution in [0, 0.1) is 0 Å². The Balaban J connectivity index is 2.56. The van der Waals surface area contributed by atoms with E-state index in [1.54, 1.807) is 13.2 Å². The third-order valence-electron chi connectivity index (χ3n) is 3.25. The molecule has 0 saturated heterocycles. The summed E-state index contributed by atoms with van der Waals surface area (Å²) in [5, 5.41) is 0. The molecule has 0 aliphatic carbocycles. The summed E-state index contributed by atoms with van der Waals surface area (Å²) in [4.78, 5) is 10.9. The number of rotatable bonds is 4. The van der Waals surface area contributed by atoms with Gasteiger partial charge < -0.3 is 4.74 Å². The minimum absolute atomic E-state index is 0.452. The van der Waals surface area contributed by atoms with Gasteiger partial charge >= 0.3 is 0 Å². The molecule has 0 atom stereocenters. The summed E-state index contributed by atoms with van der Waals surface area (Å²) in [6.07, 6.45) is 0.816. The molecule has 0 fully saturated rings. The van der Waals surface area contributed by atoms with Crippen molar-refractivity contribution in [2.45, 2.75) is 19.8 Å². The number of carbonyl (C=O) groups excluding carboxylic acids is 1. The van der Waals surface area contributed by atoms with E-state index in [9.17, 15) is 4.79 Å². The van der Waals surface area contributed by atoms with Crippen LogP contribution in [0.15, 0.2) is 42.5 Å². The van der Waals surface area contributed by atoms with Gasteiger partial charge in [0.1, 0.15) is 5.75 Å². The molecule has 0 bridgehead atoms. The van der Waals surface area contributed by atoms with E-state index in [0.29, 0.717) is 17.2 Å². The van der Waals surface area contributed by atoms with Gasteiger partial charge in [-0.15, -0.1) is 0 Å². The summed E-state index contributed by atoms with van der Waals surface area (Å²) < 4.78 is 5.27. The van der Waals surface area contributed by atoms with Crippen molar-refractivity contribution in [2.75, 3.05) is 7.11 Å². The van der Waals surface area contributed by atoms with E-state index in [1.165, 1.54) is 11.1 Å². The highest BCUT2D eigenvalue weighted by atomic mass is 16.5. The number of ether oxygens (including phenoxy) is 1. The van der Waals surface area contributed by atoms with Gasteiger partial charge in [0.15, 0.2) is 6.29 Å². The molecule has 0 N–H and O–H groups in total. The lowest BCUT2D eigenvalue weighted by molar-refractivity contribution is 0.112. The third-order valence-corrected chi connectivity index (χ3v) is 3.25. The highest BCUT2D eigenvalue weighted by Gasteiger charge is 2.10. The lowest BCUT2D eigenvalue weighted by Gasteiger charge is -2.14. The molecule has 2 aromatic carbocycles. The van der Waals surface area contributed by atoms with Gasteiger partial charge in [-0.3, -0.25) is 4.79 Å². The molecule has 0 aliphatic rings. The van der Waals surface area contributed by atoms with Crippen LogP contribution in [0.3, 0.4) is 0 Å². The second kappa shape index (κ2) is 5.70. The molecule has 0 unspecified atom stereocenters. The summed E-state index contributed by atoms with van der Waals surface area (Å²) in [6.45, 7) is 4.35. The first-order valence-corrected chi connectivity index (χ1v) is 6.40. The lowest BCUT2D eigenvalue weighted by Crippen LogP contribution is -1.94. The maximum absolute atomic E-state index is 10.9. The molecule has 0 spiro atoms. The van der Waals surface area contributed by atoms with Crippen molar-refractivity contribution in [2.24, 2.45) is 0 Å². The lowest BCUT2D eigenvalue weighted by atomic mass is 9.92. The molecule has 0 radical (unpaired) electrons. The Hall–Kier alpha value is -2.09. The Labute approximate surface area is 114 Å². The van der Waals surface area contributed by atoms with Crippen molar-refractivity contribution in [3.05, 3.63) is 53.6 Å². The molecule has 0 amide bonds. The van der Waals surface area contributed by atoms with Crippen LogP contribution in [0.4, 0.5) is 0 Å². The topological polar surface area (TPSA) is 26.3 Å². The number of hydrogen-bond donors (Lipinski definition) is 0. The highest BCUT2D eigenvalue weighted by Crippen LogP contribution is 2.32. The van der Waals surface area contributed by atoms with E-state index in [0.717, 1.165) is 11.8 Å². The predicted molar refractivity (Wildman–Crippen MR) is 77.9 cm³/mol. The summed E-state index contributed by atoms with van der Waals surface area (Å²) in [6, 6.07) is 14.0. The van der Waals surface area contributed by atoms with Crippen molar-refractivity contribution in [3.63, 3.8) is 0 Å². The molecule has 0 saturated carbocycles. The second-order valence-electron chi connectivity index (χ2n) is 4.82. The van der Waals surface area contributed by atoms with Gasteiger partial charge in [0.25, 0.3) is 0 Å². The van der Waals surface area contributed by atoms with Crippen LogP contribution in [0.5, 0.6) is 5.75 Å². The molecule has 2 aromatic rings. The predicted octanol–water partition coefficient (Wildman–Crippen LogP) is 4.30. The third kappa shape index (κ3) is 2.68. The average Bonchev–Trinajstić information content (AvgIpc) is 2.46. The van der Waals surface area contributed by atoms with E-state index in [2.05, 4.69) is 32.0 Å². The molecular formula is C17H18O2. The van der Waals surface area contributed by atoms with Crippen LogP contribution in [0.25, 0.3) is 11.1 Å². The molecule has 0 aromatic heterocycles. The van der Waals surface area contributed by atoms with Crippen LogP contribution in [-0.2, 0) is 0 Å². The molecule has 98 valence electrons. The zero-order valence-corrected chi connectivity index (χ0v) is 11.5. The molecule has 0 aliphatic heterocycles. The molecular weight excluding hydrogens is 236 g/mol. The zero-order chi connectivity index (χ0) is 13.8. The number of carbonyl (C=O) groups is 1. The Morgan fingerprint density at radius 3 is 2.47 bits per heavy atom. The number of benzene rings is 2. The van der Waals surface area contributed by atoms with Crippen LogP contribution < -0.4 is 4.74 Å². The SMILES string of the molecule is COc1cc(-c2ccccc2C(C)C)ccc1C=O. The monoisotopic (exact) mass is 254 g/mol. The maximum Gasteiger partial charge on any atom is 0.153 e. The van der Waals surface area contributed by atoms with E-state index in [1.807, 2.05) is 18.2 Å². The largest absolute Gasteiger partial charge is 0.496 e. The summed E-state index contributed by atoms with van der Waals surface area (Å²) in [5.41, 5.74) is 4.14. The molecule has 2 nitrogen and oxygen atoms in total. The molecule has 2 heteroatoms. The second-order valence-corrected chi connectivity index (χ2v) is 4.82. The van der Waals surface area contributed by atoms with Gasteiger partial charge in [0.05, 0.1) is 12.7 Å². The fraction of sp³-hybridized carbons (Fsp3) is 0.235. The number of methoxy groups -OCH3 is 1. The van der Waals surface area contributed by atoms with Gasteiger partial charge in [-0.2, -0.15) is 0 Å². The van der Waals surface area contributed by atoms with Crippen LogP contribution in [0.1, 0.15) is 35.7 Å². The first kappa shape index (κ1) is 13.3. The molecule has 19 heavy (non-hydrogen) atoms. The van der Waals surface area contributed by atoms with Crippen molar-refractivity contribution in [3.8, 4) is 16.9 Å². The average molecular weight is 254 g/mol. The van der Waals surface area contributed by atoms with Crippen molar-refractivity contribution >= 4 is 6.29 Å².